The van der Waals surface area contributed by atoms with E-state index >= 15 is 0 Å². The summed E-state index contributed by atoms with van der Waals surface area (Å²) in [5.74, 6) is -0.389. The van der Waals surface area contributed by atoms with Gasteiger partial charge in [-0.3, -0.25) is 13.9 Å². The standard InChI is InChI=1S/C27H39N3O4S/c1-7-23-14-9-10-15-25(23)30(35(6,33)34)19-26(31)29(18-22-13-11-12-21(5)16-22)24(8-2)27(32)28-17-20(3)4/h9-16,20,24H,7-8,17-19H2,1-6H3,(H,28,32)/t24-/m1/s1. The fourth-order valence-corrected chi connectivity index (χ4v) is 4.88. The molecule has 1 N–H and O–H groups in total. The third-order valence-corrected chi connectivity index (χ3v) is 6.95. The Morgan fingerprint density at radius 1 is 1.03 bits per heavy atom. The summed E-state index contributed by atoms with van der Waals surface area (Å²) in [7, 11) is -3.75. The number of benzene rings is 2. The molecule has 0 heterocycles. The quantitative estimate of drug-likeness (QED) is 0.478. The maximum Gasteiger partial charge on any atom is 0.244 e. The number of rotatable bonds is 12. The molecule has 7 nitrogen and oxygen atoms in total. The van der Waals surface area contributed by atoms with E-state index in [-0.39, 0.29) is 24.9 Å². The first-order valence-electron chi connectivity index (χ1n) is 12.2. The number of sulfonamides is 1. The van der Waals surface area contributed by atoms with E-state index in [4.69, 9.17) is 0 Å². The van der Waals surface area contributed by atoms with Crippen LogP contribution >= 0.6 is 0 Å². The minimum Gasteiger partial charge on any atom is -0.354 e. The van der Waals surface area contributed by atoms with E-state index in [1.54, 1.807) is 12.1 Å². The second kappa shape index (κ2) is 12.7. The summed E-state index contributed by atoms with van der Waals surface area (Å²) in [6.45, 7) is 10.1. The molecule has 0 unspecified atom stereocenters. The van der Waals surface area contributed by atoms with Crippen molar-refractivity contribution in [3.8, 4) is 0 Å². The van der Waals surface area contributed by atoms with Gasteiger partial charge in [0, 0.05) is 13.1 Å². The number of hydrogen-bond acceptors (Lipinski definition) is 4. The Bertz CT molecular complexity index is 1110. The van der Waals surface area contributed by atoms with E-state index in [9.17, 15) is 18.0 Å². The summed E-state index contributed by atoms with van der Waals surface area (Å²) in [5, 5.41) is 2.93. The minimum atomic E-state index is -3.75. The van der Waals surface area contributed by atoms with Crippen molar-refractivity contribution in [3.05, 3.63) is 65.2 Å². The molecule has 0 aliphatic heterocycles. The molecule has 8 heteroatoms. The monoisotopic (exact) mass is 501 g/mol. The zero-order valence-electron chi connectivity index (χ0n) is 21.7. The third kappa shape index (κ3) is 8.09. The topological polar surface area (TPSA) is 86.8 Å². The second-order valence-corrected chi connectivity index (χ2v) is 11.2. The van der Waals surface area contributed by atoms with Gasteiger partial charge in [-0.1, -0.05) is 75.7 Å². The first-order chi connectivity index (χ1) is 16.5. The fourth-order valence-electron chi connectivity index (χ4n) is 4.00. The van der Waals surface area contributed by atoms with Crippen LogP contribution in [0.25, 0.3) is 0 Å². The summed E-state index contributed by atoms with van der Waals surface area (Å²) in [4.78, 5) is 28.4. The highest BCUT2D eigenvalue weighted by Gasteiger charge is 2.32. The van der Waals surface area contributed by atoms with Gasteiger partial charge in [0.15, 0.2) is 0 Å². The van der Waals surface area contributed by atoms with Gasteiger partial charge in [-0.25, -0.2) is 8.42 Å². The third-order valence-electron chi connectivity index (χ3n) is 5.83. The van der Waals surface area contributed by atoms with Gasteiger partial charge in [-0.15, -0.1) is 0 Å². The molecule has 0 saturated carbocycles. The highest BCUT2D eigenvalue weighted by Crippen LogP contribution is 2.24. The average Bonchev–Trinajstić information content (AvgIpc) is 2.80. The van der Waals surface area contributed by atoms with Crippen LogP contribution in [0.1, 0.15) is 50.8 Å². The Hall–Kier alpha value is -2.87. The van der Waals surface area contributed by atoms with Crippen LogP contribution < -0.4 is 9.62 Å². The molecule has 2 aromatic carbocycles. The molecule has 0 aromatic heterocycles. The van der Waals surface area contributed by atoms with Crippen molar-refractivity contribution in [2.75, 3.05) is 23.7 Å². The number of anilines is 1. The van der Waals surface area contributed by atoms with Gasteiger partial charge in [0.25, 0.3) is 0 Å². The van der Waals surface area contributed by atoms with E-state index in [2.05, 4.69) is 5.32 Å². The smallest absolute Gasteiger partial charge is 0.244 e. The zero-order chi connectivity index (χ0) is 26.2. The van der Waals surface area contributed by atoms with Crippen LogP contribution in [-0.4, -0.2) is 50.5 Å². The van der Waals surface area contributed by atoms with Crippen LogP contribution in [0.3, 0.4) is 0 Å². The van der Waals surface area contributed by atoms with Crippen molar-refractivity contribution in [2.45, 2.75) is 60.0 Å². The van der Waals surface area contributed by atoms with Crippen LogP contribution in [0.5, 0.6) is 0 Å². The predicted octanol–water partition coefficient (Wildman–Crippen LogP) is 3.90. The Morgan fingerprint density at radius 3 is 2.29 bits per heavy atom. The highest BCUT2D eigenvalue weighted by atomic mass is 32.2. The largest absolute Gasteiger partial charge is 0.354 e. The SMILES string of the molecule is CCc1ccccc1N(CC(=O)N(Cc1cccc(C)c1)[C@H](CC)C(=O)NCC(C)C)S(C)(=O)=O. The van der Waals surface area contributed by atoms with Crippen LogP contribution in [0.15, 0.2) is 48.5 Å². The summed E-state index contributed by atoms with van der Waals surface area (Å²) in [5.41, 5.74) is 3.24. The van der Waals surface area contributed by atoms with Crippen molar-refractivity contribution >= 4 is 27.5 Å². The summed E-state index contributed by atoms with van der Waals surface area (Å²) < 4.78 is 26.7. The molecule has 0 aliphatic carbocycles. The summed E-state index contributed by atoms with van der Waals surface area (Å²) in [6, 6.07) is 14.2. The zero-order valence-corrected chi connectivity index (χ0v) is 22.6. The Kier molecular flexibility index (Phi) is 10.3. The molecule has 0 bridgehead atoms. The van der Waals surface area contributed by atoms with Gasteiger partial charge in [-0.05, 0) is 42.9 Å². The Morgan fingerprint density at radius 2 is 1.71 bits per heavy atom. The van der Waals surface area contributed by atoms with E-state index in [1.807, 2.05) is 71.0 Å². The van der Waals surface area contributed by atoms with E-state index in [1.165, 1.54) is 4.90 Å². The lowest BCUT2D eigenvalue weighted by molar-refractivity contribution is -0.140. The lowest BCUT2D eigenvalue weighted by Gasteiger charge is -2.33. The molecule has 0 aliphatic rings. The van der Waals surface area contributed by atoms with Crippen molar-refractivity contribution in [3.63, 3.8) is 0 Å². The molecule has 0 saturated heterocycles. The lowest BCUT2D eigenvalue weighted by atomic mass is 10.1. The molecule has 2 aromatic rings. The fraction of sp³-hybridized carbons (Fsp3) is 0.481. The second-order valence-electron chi connectivity index (χ2n) is 9.33. The van der Waals surface area contributed by atoms with Gasteiger partial charge >= 0.3 is 0 Å². The molecule has 2 amide bonds. The predicted molar refractivity (Wildman–Crippen MR) is 142 cm³/mol. The molecule has 1 atom stereocenters. The normalized spacial score (nSPS) is 12.3. The van der Waals surface area contributed by atoms with Crippen molar-refractivity contribution < 1.29 is 18.0 Å². The van der Waals surface area contributed by atoms with Gasteiger partial charge in [-0.2, -0.15) is 0 Å². The Balaban J connectivity index is 2.46. The molecule has 0 spiro atoms. The number of aryl methyl sites for hydroxylation is 2. The molecular formula is C27H39N3O4S. The van der Waals surface area contributed by atoms with E-state index < -0.39 is 22.0 Å². The van der Waals surface area contributed by atoms with Gasteiger partial charge in [0.1, 0.15) is 12.6 Å². The van der Waals surface area contributed by atoms with E-state index in [0.29, 0.717) is 25.1 Å². The molecule has 192 valence electrons. The van der Waals surface area contributed by atoms with E-state index in [0.717, 1.165) is 27.3 Å². The van der Waals surface area contributed by atoms with Crippen LogP contribution in [0, 0.1) is 12.8 Å². The molecule has 35 heavy (non-hydrogen) atoms. The van der Waals surface area contributed by atoms with Crippen molar-refractivity contribution in [2.24, 2.45) is 5.92 Å². The number of hydrogen-bond donors (Lipinski definition) is 1. The number of nitrogens with one attached hydrogen (secondary N) is 1. The first kappa shape index (κ1) is 28.4. The van der Waals surface area contributed by atoms with Crippen molar-refractivity contribution in [1.29, 1.82) is 0 Å². The van der Waals surface area contributed by atoms with Gasteiger partial charge in [0.2, 0.25) is 21.8 Å². The van der Waals surface area contributed by atoms with Crippen LogP contribution in [0.2, 0.25) is 0 Å². The lowest BCUT2D eigenvalue weighted by Crippen LogP contribution is -2.52. The minimum absolute atomic E-state index is 0.209. The first-order valence-corrected chi connectivity index (χ1v) is 14.0. The summed E-state index contributed by atoms with van der Waals surface area (Å²) in [6.07, 6.45) is 2.13. The Labute approximate surface area is 210 Å². The maximum atomic E-state index is 13.7. The van der Waals surface area contributed by atoms with Gasteiger partial charge in [0.05, 0.1) is 11.9 Å². The highest BCUT2D eigenvalue weighted by molar-refractivity contribution is 7.92. The number of carbonyl (C=O) groups excluding carboxylic acids is 2. The molecule has 2 rings (SSSR count). The molecule has 0 fully saturated rings. The molecule has 0 radical (unpaired) electrons. The number of para-hydroxylation sites is 1. The average molecular weight is 502 g/mol. The maximum absolute atomic E-state index is 13.7. The molecular weight excluding hydrogens is 462 g/mol. The number of carbonyl (C=O) groups is 2. The van der Waals surface area contributed by atoms with Crippen LogP contribution in [-0.2, 0) is 32.6 Å². The summed E-state index contributed by atoms with van der Waals surface area (Å²) >= 11 is 0. The van der Waals surface area contributed by atoms with Gasteiger partial charge < -0.3 is 10.2 Å². The number of nitrogens with zero attached hydrogens (tertiary/aromatic N) is 2. The van der Waals surface area contributed by atoms with Crippen LogP contribution in [0.4, 0.5) is 5.69 Å². The van der Waals surface area contributed by atoms with Crippen molar-refractivity contribution in [1.82, 2.24) is 10.2 Å². The number of amides is 2.